The molecule has 0 bridgehead atoms. The molecule has 0 radical (unpaired) electrons. The lowest BCUT2D eigenvalue weighted by molar-refractivity contribution is 0.0650. The van der Waals surface area contributed by atoms with E-state index in [4.69, 9.17) is 9.47 Å². The highest BCUT2D eigenvalue weighted by Crippen LogP contribution is 2.04. The van der Waals surface area contributed by atoms with E-state index in [1.54, 1.807) is 19.4 Å². The zero-order chi connectivity index (χ0) is 12.5. The molecular formula is C11H17N3O3. The van der Waals surface area contributed by atoms with Gasteiger partial charge in [-0.2, -0.15) is 0 Å². The van der Waals surface area contributed by atoms with Crippen molar-refractivity contribution in [1.29, 1.82) is 0 Å². The van der Waals surface area contributed by atoms with Crippen LogP contribution in [0.1, 0.15) is 5.56 Å². The van der Waals surface area contributed by atoms with E-state index in [-0.39, 0.29) is 12.8 Å². The number of anilines is 1. The number of amides is 2. The molecular weight excluding hydrogens is 222 g/mol. The van der Waals surface area contributed by atoms with Crippen LogP contribution in [0.4, 0.5) is 10.6 Å². The molecule has 0 spiro atoms. The second-order valence-corrected chi connectivity index (χ2v) is 3.39. The molecule has 1 rings (SSSR count). The van der Waals surface area contributed by atoms with Crippen molar-refractivity contribution < 1.29 is 14.3 Å². The second kappa shape index (κ2) is 7.59. The number of nitrogens with one attached hydrogen (secondary N) is 2. The first-order valence-corrected chi connectivity index (χ1v) is 5.26. The second-order valence-electron chi connectivity index (χ2n) is 3.39. The van der Waals surface area contributed by atoms with E-state index in [0.29, 0.717) is 19.0 Å². The van der Waals surface area contributed by atoms with Crippen LogP contribution in [0.25, 0.3) is 0 Å². The Hall–Kier alpha value is -1.66. The van der Waals surface area contributed by atoms with Crippen molar-refractivity contribution in [2.75, 3.05) is 32.4 Å². The number of carbonyl (C=O) groups excluding carboxylic acids is 1. The minimum atomic E-state index is -0.347. The van der Waals surface area contributed by atoms with E-state index in [1.807, 2.05) is 13.0 Å². The Kier molecular flexibility index (Phi) is 5.98. The topological polar surface area (TPSA) is 72.5 Å². The molecule has 0 aromatic carbocycles. The molecule has 1 aromatic rings. The van der Waals surface area contributed by atoms with E-state index in [1.165, 1.54) is 0 Å². The summed E-state index contributed by atoms with van der Waals surface area (Å²) in [6.45, 7) is 3.02. The Morgan fingerprint density at radius 3 is 3.00 bits per heavy atom. The number of pyridine rings is 1. The van der Waals surface area contributed by atoms with Crippen molar-refractivity contribution in [1.82, 2.24) is 10.3 Å². The number of aryl methyl sites for hydroxylation is 1. The fraction of sp³-hybridized carbons (Fsp3) is 0.455. The van der Waals surface area contributed by atoms with Gasteiger partial charge in [0.05, 0.1) is 13.2 Å². The number of methoxy groups -OCH3 is 1. The lowest BCUT2D eigenvalue weighted by Crippen LogP contribution is -2.31. The molecule has 0 saturated heterocycles. The molecule has 0 aliphatic carbocycles. The normalized spacial score (nSPS) is 10.0. The molecule has 17 heavy (non-hydrogen) atoms. The number of hydrogen-bond donors (Lipinski definition) is 2. The van der Waals surface area contributed by atoms with E-state index >= 15 is 0 Å². The van der Waals surface area contributed by atoms with Crippen LogP contribution in [-0.4, -0.2) is 38.1 Å². The van der Waals surface area contributed by atoms with Crippen molar-refractivity contribution in [3.05, 3.63) is 23.9 Å². The maximum atomic E-state index is 11.4. The van der Waals surface area contributed by atoms with Crippen molar-refractivity contribution >= 4 is 11.8 Å². The maximum Gasteiger partial charge on any atom is 0.322 e. The minimum absolute atomic E-state index is 0.140. The molecule has 0 fully saturated rings. The number of carbonyl (C=O) groups is 1. The van der Waals surface area contributed by atoms with Crippen molar-refractivity contribution in [3.63, 3.8) is 0 Å². The van der Waals surface area contributed by atoms with Crippen molar-refractivity contribution in [2.24, 2.45) is 0 Å². The zero-order valence-corrected chi connectivity index (χ0v) is 10.0. The highest BCUT2D eigenvalue weighted by Gasteiger charge is 2.01. The van der Waals surface area contributed by atoms with Crippen LogP contribution < -0.4 is 10.6 Å². The van der Waals surface area contributed by atoms with Crippen LogP contribution in [0, 0.1) is 6.92 Å². The van der Waals surface area contributed by atoms with E-state index < -0.39 is 0 Å². The smallest absolute Gasteiger partial charge is 0.322 e. The largest absolute Gasteiger partial charge is 0.382 e. The van der Waals surface area contributed by atoms with Gasteiger partial charge in [0, 0.05) is 13.3 Å². The van der Waals surface area contributed by atoms with Gasteiger partial charge in [0.1, 0.15) is 12.5 Å². The van der Waals surface area contributed by atoms with Crippen LogP contribution in [0.3, 0.4) is 0 Å². The Morgan fingerprint density at radius 1 is 1.47 bits per heavy atom. The summed E-state index contributed by atoms with van der Waals surface area (Å²) < 4.78 is 9.88. The molecule has 1 heterocycles. The zero-order valence-electron chi connectivity index (χ0n) is 10.0. The van der Waals surface area contributed by atoms with Crippen LogP contribution in [0.2, 0.25) is 0 Å². The molecule has 6 nitrogen and oxygen atoms in total. The molecule has 0 aliphatic rings. The van der Waals surface area contributed by atoms with Gasteiger partial charge in [-0.3, -0.25) is 5.32 Å². The van der Waals surface area contributed by atoms with Gasteiger partial charge in [-0.1, -0.05) is 0 Å². The minimum Gasteiger partial charge on any atom is -0.382 e. The molecule has 2 amide bonds. The van der Waals surface area contributed by atoms with Crippen molar-refractivity contribution in [3.8, 4) is 0 Å². The summed E-state index contributed by atoms with van der Waals surface area (Å²) >= 11 is 0. The van der Waals surface area contributed by atoms with Gasteiger partial charge in [0.25, 0.3) is 0 Å². The molecule has 2 N–H and O–H groups in total. The molecule has 0 atom stereocenters. The van der Waals surface area contributed by atoms with E-state index in [0.717, 1.165) is 5.56 Å². The standard InChI is InChI=1S/C11H17N3O3/c1-9-3-4-12-10(7-9)14-11(15)13-8-17-6-5-16-2/h3-4,7H,5-6,8H2,1-2H3,(H2,12,13,14,15). The molecule has 0 aliphatic heterocycles. The third-order valence-corrected chi connectivity index (χ3v) is 1.92. The first kappa shape index (κ1) is 13.4. The Morgan fingerprint density at radius 2 is 2.29 bits per heavy atom. The van der Waals surface area contributed by atoms with Crippen LogP contribution >= 0.6 is 0 Å². The van der Waals surface area contributed by atoms with Crippen LogP contribution in [-0.2, 0) is 9.47 Å². The lowest BCUT2D eigenvalue weighted by atomic mass is 10.3. The third kappa shape index (κ3) is 5.84. The Balaban J connectivity index is 2.21. The first-order chi connectivity index (χ1) is 8.22. The van der Waals surface area contributed by atoms with Crippen LogP contribution in [0.5, 0.6) is 0 Å². The van der Waals surface area contributed by atoms with Gasteiger partial charge < -0.3 is 14.8 Å². The van der Waals surface area contributed by atoms with Crippen LogP contribution in [0.15, 0.2) is 18.3 Å². The Bertz CT molecular complexity index is 358. The quantitative estimate of drug-likeness (QED) is 0.576. The molecule has 6 heteroatoms. The number of aromatic nitrogens is 1. The summed E-state index contributed by atoms with van der Waals surface area (Å²) in [7, 11) is 1.59. The summed E-state index contributed by atoms with van der Waals surface area (Å²) in [5, 5.41) is 5.14. The highest BCUT2D eigenvalue weighted by molar-refractivity contribution is 5.88. The highest BCUT2D eigenvalue weighted by atomic mass is 16.5. The fourth-order valence-corrected chi connectivity index (χ4v) is 1.10. The van der Waals surface area contributed by atoms with Gasteiger partial charge >= 0.3 is 6.03 Å². The molecule has 0 unspecified atom stereocenters. The first-order valence-electron chi connectivity index (χ1n) is 5.26. The van der Waals surface area contributed by atoms with Crippen molar-refractivity contribution in [2.45, 2.75) is 6.92 Å². The predicted molar refractivity (Wildman–Crippen MR) is 63.8 cm³/mol. The summed E-state index contributed by atoms with van der Waals surface area (Å²) in [6, 6.07) is 3.29. The van der Waals surface area contributed by atoms with E-state index in [2.05, 4.69) is 15.6 Å². The number of rotatable bonds is 6. The summed E-state index contributed by atoms with van der Waals surface area (Å²) in [4.78, 5) is 15.4. The number of nitrogens with zero attached hydrogens (tertiary/aromatic N) is 1. The average Bonchev–Trinajstić information content (AvgIpc) is 2.29. The molecule has 0 saturated carbocycles. The molecule has 1 aromatic heterocycles. The average molecular weight is 239 g/mol. The third-order valence-electron chi connectivity index (χ3n) is 1.92. The summed E-state index contributed by atoms with van der Waals surface area (Å²) in [5.74, 6) is 0.513. The number of ether oxygens (including phenoxy) is 2. The van der Waals surface area contributed by atoms with Gasteiger partial charge in [0.2, 0.25) is 0 Å². The van der Waals surface area contributed by atoms with Gasteiger partial charge in [-0.15, -0.1) is 0 Å². The summed E-state index contributed by atoms with van der Waals surface area (Å²) in [6.07, 6.45) is 1.64. The summed E-state index contributed by atoms with van der Waals surface area (Å²) in [5.41, 5.74) is 1.03. The predicted octanol–water partition coefficient (Wildman–Crippen LogP) is 1.13. The van der Waals surface area contributed by atoms with Gasteiger partial charge in [-0.05, 0) is 24.6 Å². The number of hydrogen-bond acceptors (Lipinski definition) is 4. The SMILES string of the molecule is COCCOCNC(=O)Nc1cc(C)ccn1. The lowest BCUT2D eigenvalue weighted by Gasteiger charge is -2.07. The maximum absolute atomic E-state index is 11.4. The van der Waals surface area contributed by atoms with E-state index in [9.17, 15) is 4.79 Å². The van der Waals surface area contributed by atoms with Gasteiger partial charge in [0.15, 0.2) is 0 Å². The number of urea groups is 1. The fourth-order valence-electron chi connectivity index (χ4n) is 1.10. The monoisotopic (exact) mass is 239 g/mol. The Labute approximate surface area is 100 Å². The molecule has 94 valence electrons. The van der Waals surface area contributed by atoms with Gasteiger partial charge in [-0.25, -0.2) is 9.78 Å².